The van der Waals surface area contributed by atoms with Crippen molar-refractivity contribution in [2.75, 3.05) is 6.54 Å². The summed E-state index contributed by atoms with van der Waals surface area (Å²) in [6.45, 7) is 10.8. The Morgan fingerprint density at radius 3 is 2.00 bits per heavy atom. The van der Waals surface area contributed by atoms with E-state index in [0.29, 0.717) is 31.2 Å². The van der Waals surface area contributed by atoms with Crippen LogP contribution < -0.4 is 0 Å². The summed E-state index contributed by atoms with van der Waals surface area (Å²) in [6, 6.07) is 0. The Balaban J connectivity index is 4.48. The van der Waals surface area contributed by atoms with Gasteiger partial charge in [-0.25, -0.2) is 0 Å². The molecule has 0 bridgehead atoms. The molecule has 0 aromatic heterocycles. The maximum Gasteiger partial charge on any atom is 0.229 e. The number of carbonyl (C=O) groups excluding carboxylic acids is 2. The molecule has 0 N–H and O–H groups in total. The predicted octanol–water partition coefficient (Wildman–Crippen LogP) is 3.23. The Morgan fingerprint density at radius 1 is 1.00 bits per heavy atom. The second-order valence-corrected chi connectivity index (χ2v) is 5.47. The van der Waals surface area contributed by atoms with E-state index in [1.807, 2.05) is 20.8 Å². The Hall–Kier alpha value is -0.860. The summed E-state index contributed by atoms with van der Waals surface area (Å²) in [7, 11) is 0. The van der Waals surface area contributed by atoms with Crippen LogP contribution in [0.15, 0.2) is 0 Å². The summed E-state index contributed by atoms with van der Waals surface area (Å²) in [5.41, 5.74) is 0. The van der Waals surface area contributed by atoms with Gasteiger partial charge in [0.05, 0.1) is 0 Å². The summed E-state index contributed by atoms with van der Waals surface area (Å²) < 4.78 is 0. The zero-order valence-corrected chi connectivity index (χ0v) is 12.0. The van der Waals surface area contributed by atoms with Gasteiger partial charge in [0.1, 0.15) is 0 Å². The molecule has 0 saturated carbocycles. The molecule has 0 heterocycles. The standard InChI is InChI=1S/C14H27NO2/c1-6-7-13(16)15(9-8-11(2)3)14(17)10-12(4)5/h11-12H,6-10H2,1-5H3. The lowest BCUT2D eigenvalue weighted by Gasteiger charge is -2.22. The summed E-state index contributed by atoms with van der Waals surface area (Å²) in [6.07, 6.45) is 2.63. The Labute approximate surface area is 106 Å². The highest BCUT2D eigenvalue weighted by Crippen LogP contribution is 2.10. The maximum atomic E-state index is 12.0. The molecular weight excluding hydrogens is 214 g/mol. The van der Waals surface area contributed by atoms with Gasteiger partial charge in [-0.3, -0.25) is 14.5 Å². The monoisotopic (exact) mass is 241 g/mol. The molecule has 0 atom stereocenters. The lowest BCUT2D eigenvalue weighted by atomic mass is 10.1. The van der Waals surface area contributed by atoms with Crippen molar-refractivity contribution in [2.45, 2.75) is 60.3 Å². The largest absolute Gasteiger partial charge is 0.283 e. The van der Waals surface area contributed by atoms with Crippen molar-refractivity contribution in [3.05, 3.63) is 0 Å². The van der Waals surface area contributed by atoms with Crippen molar-refractivity contribution in [2.24, 2.45) is 11.8 Å². The number of nitrogens with zero attached hydrogens (tertiary/aromatic N) is 1. The molecular formula is C14H27NO2. The first-order chi connectivity index (χ1) is 7.88. The number of rotatable bonds is 7. The van der Waals surface area contributed by atoms with E-state index in [1.54, 1.807) is 0 Å². The highest BCUT2D eigenvalue weighted by atomic mass is 16.2. The highest BCUT2D eigenvalue weighted by Gasteiger charge is 2.21. The average Bonchev–Trinajstić information content (AvgIpc) is 2.16. The normalized spacial score (nSPS) is 11.0. The van der Waals surface area contributed by atoms with Crippen LogP contribution in [-0.2, 0) is 9.59 Å². The van der Waals surface area contributed by atoms with Gasteiger partial charge in [-0.15, -0.1) is 0 Å². The van der Waals surface area contributed by atoms with Gasteiger partial charge < -0.3 is 0 Å². The molecule has 3 nitrogen and oxygen atoms in total. The first-order valence-corrected chi connectivity index (χ1v) is 6.71. The molecule has 0 aromatic rings. The fourth-order valence-electron chi connectivity index (χ4n) is 1.58. The van der Waals surface area contributed by atoms with Gasteiger partial charge in [0, 0.05) is 19.4 Å². The number of hydrogen-bond acceptors (Lipinski definition) is 2. The van der Waals surface area contributed by atoms with E-state index in [4.69, 9.17) is 0 Å². The summed E-state index contributed by atoms with van der Waals surface area (Å²) in [5, 5.41) is 0. The zero-order chi connectivity index (χ0) is 13.4. The van der Waals surface area contributed by atoms with Crippen molar-refractivity contribution < 1.29 is 9.59 Å². The third-order valence-corrected chi connectivity index (χ3v) is 2.58. The van der Waals surface area contributed by atoms with Gasteiger partial charge in [0.25, 0.3) is 0 Å². The van der Waals surface area contributed by atoms with Gasteiger partial charge in [-0.1, -0.05) is 34.6 Å². The van der Waals surface area contributed by atoms with Crippen molar-refractivity contribution >= 4 is 11.8 Å². The lowest BCUT2D eigenvalue weighted by molar-refractivity contribution is -0.145. The number of carbonyl (C=O) groups is 2. The van der Waals surface area contributed by atoms with Gasteiger partial charge in [0.2, 0.25) is 11.8 Å². The van der Waals surface area contributed by atoms with Crippen LogP contribution in [0.2, 0.25) is 0 Å². The number of hydrogen-bond donors (Lipinski definition) is 0. The van der Waals surface area contributed by atoms with Crippen LogP contribution in [0.5, 0.6) is 0 Å². The molecule has 0 aliphatic carbocycles. The quantitative estimate of drug-likeness (QED) is 0.686. The summed E-state index contributed by atoms with van der Waals surface area (Å²) in [5.74, 6) is 0.787. The van der Waals surface area contributed by atoms with Gasteiger partial charge >= 0.3 is 0 Å². The van der Waals surface area contributed by atoms with Crippen molar-refractivity contribution in [3.63, 3.8) is 0 Å². The Bertz CT molecular complexity index is 247. The van der Waals surface area contributed by atoms with Gasteiger partial charge in [-0.2, -0.15) is 0 Å². The predicted molar refractivity (Wildman–Crippen MR) is 70.5 cm³/mol. The minimum Gasteiger partial charge on any atom is -0.283 e. The van der Waals surface area contributed by atoms with Gasteiger partial charge in [-0.05, 0) is 24.7 Å². The number of amides is 2. The molecule has 0 aliphatic rings. The maximum absolute atomic E-state index is 12.0. The molecule has 17 heavy (non-hydrogen) atoms. The molecule has 0 aliphatic heterocycles. The first kappa shape index (κ1) is 16.1. The average molecular weight is 241 g/mol. The Kier molecular flexibility index (Phi) is 7.85. The molecule has 2 amide bonds. The minimum absolute atomic E-state index is 0.0147. The fraction of sp³-hybridized carbons (Fsp3) is 0.857. The van der Waals surface area contributed by atoms with Crippen molar-refractivity contribution in [1.82, 2.24) is 4.90 Å². The summed E-state index contributed by atoms with van der Waals surface area (Å²) in [4.78, 5) is 25.3. The van der Waals surface area contributed by atoms with E-state index in [1.165, 1.54) is 4.90 Å². The van der Waals surface area contributed by atoms with E-state index < -0.39 is 0 Å². The highest BCUT2D eigenvalue weighted by molar-refractivity contribution is 5.95. The van der Waals surface area contributed by atoms with Crippen LogP contribution in [0.3, 0.4) is 0 Å². The smallest absolute Gasteiger partial charge is 0.229 e. The van der Waals surface area contributed by atoms with E-state index in [2.05, 4.69) is 13.8 Å². The van der Waals surface area contributed by atoms with Crippen LogP contribution >= 0.6 is 0 Å². The molecule has 0 saturated heterocycles. The van der Waals surface area contributed by atoms with Gasteiger partial charge in [0.15, 0.2) is 0 Å². The summed E-state index contributed by atoms with van der Waals surface area (Å²) >= 11 is 0. The van der Waals surface area contributed by atoms with Crippen LogP contribution in [0.25, 0.3) is 0 Å². The molecule has 0 fully saturated rings. The molecule has 0 unspecified atom stereocenters. The zero-order valence-electron chi connectivity index (χ0n) is 12.0. The molecule has 3 heteroatoms. The minimum atomic E-state index is -0.0150. The van der Waals surface area contributed by atoms with Crippen LogP contribution in [0, 0.1) is 11.8 Å². The second-order valence-electron chi connectivity index (χ2n) is 5.47. The lowest BCUT2D eigenvalue weighted by Crippen LogP contribution is -2.38. The molecule has 100 valence electrons. The Morgan fingerprint density at radius 2 is 1.59 bits per heavy atom. The van der Waals surface area contributed by atoms with Crippen LogP contribution in [-0.4, -0.2) is 23.3 Å². The topological polar surface area (TPSA) is 37.4 Å². The van der Waals surface area contributed by atoms with Crippen molar-refractivity contribution in [1.29, 1.82) is 0 Å². The molecule has 0 spiro atoms. The molecule has 0 rings (SSSR count). The molecule has 0 aromatic carbocycles. The van der Waals surface area contributed by atoms with Crippen LogP contribution in [0.1, 0.15) is 60.3 Å². The van der Waals surface area contributed by atoms with Crippen LogP contribution in [0.4, 0.5) is 0 Å². The SMILES string of the molecule is CCCC(=O)N(CCC(C)C)C(=O)CC(C)C. The number of imide groups is 1. The van der Waals surface area contributed by atoms with E-state index >= 15 is 0 Å². The molecule has 0 radical (unpaired) electrons. The van der Waals surface area contributed by atoms with E-state index in [-0.39, 0.29) is 11.8 Å². The van der Waals surface area contributed by atoms with Crippen molar-refractivity contribution in [3.8, 4) is 0 Å². The first-order valence-electron chi connectivity index (χ1n) is 6.71. The van der Waals surface area contributed by atoms with E-state index in [9.17, 15) is 9.59 Å². The second kappa shape index (κ2) is 8.26. The fourth-order valence-corrected chi connectivity index (χ4v) is 1.58. The van der Waals surface area contributed by atoms with E-state index in [0.717, 1.165) is 12.8 Å². The third-order valence-electron chi connectivity index (χ3n) is 2.58. The third kappa shape index (κ3) is 7.14.